The average molecular weight is 271 g/mol. The van der Waals surface area contributed by atoms with E-state index in [2.05, 4.69) is 4.98 Å². The fraction of sp³-hybridized carbons (Fsp3) is 0.250. The SMILES string of the molecule is COc1c(C)ncc(COCc2ccccc2)c1C=O. The number of carbonyl (C=O) groups excluding carboxylic acids is 1. The summed E-state index contributed by atoms with van der Waals surface area (Å²) in [5, 5.41) is 0. The van der Waals surface area contributed by atoms with E-state index in [1.165, 1.54) is 7.11 Å². The minimum atomic E-state index is 0.326. The third kappa shape index (κ3) is 3.22. The Morgan fingerprint density at radius 3 is 2.60 bits per heavy atom. The lowest BCUT2D eigenvalue weighted by molar-refractivity contribution is 0.103. The van der Waals surface area contributed by atoms with Crippen LogP contribution in [0.2, 0.25) is 0 Å². The number of aryl methyl sites for hydroxylation is 1. The molecule has 0 atom stereocenters. The Labute approximate surface area is 118 Å². The summed E-state index contributed by atoms with van der Waals surface area (Å²) in [5.74, 6) is 0.515. The molecule has 0 spiro atoms. The number of pyridine rings is 1. The first kappa shape index (κ1) is 14.2. The summed E-state index contributed by atoms with van der Waals surface area (Å²) in [4.78, 5) is 15.4. The van der Waals surface area contributed by atoms with Gasteiger partial charge in [-0.1, -0.05) is 30.3 Å². The number of benzene rings is 1. The van der Waals surface area contributed by atoms with Gasteiger partial charge in [0.1, 0.15) is 0 Å². The van der Waals surface area contributed by atoms with Gasteiger partial charge in [-0.2, -0.15) is 0 Å². The van der Waals surface area contributed by atoms with E-state index >= 15 is 0 Å². The number of hydrogen-bond donors (Lipinski definition) is 0. The second kappa shape index (κ2) is 6.82. The molecular weight excluding hydrogens is 254 g/mol. The van der Waals surface area contributed by atoms with Gasteiger partial charge in [-0.15, -0.1) is 0 Å². The van der Waals surface area contributed by atoms with Crippen LogP contribution in [0, 0.1) is 6.92 Å². The van der Waals surface area contributed by atoms with E-state index in [4.69, 9.17) is 9.47 Å². The normalized spacial score (nSPS) is 10.3. The van der Waals surface area contributed by atoms with Crippen LogP contribution in [0.1, 0.15) is 27.2 Å². The van der Waals surface area contributed by atoms with Crippen molar-refractivity contribution in [2.24, 2.45) is 0 Å². The summed E-state index contributed by atoms with van der Waals surface area (Å²) >= 11 is 0. The van der Waals surface area contributed by atoms with Crippen molar-refractivity contribution >= 4 is 6.29 Å². The van der Waals surface area contributed by atoms with Crippen LogP contribution in [0.15, 0.2) is 36.5 Å². The standard InChI is InChI=1S/C16H17NO3/c1-12-16(19-2)15(9-18)14(8-17-12)11-20-10-13-6-4-3-5-7-13/h3-9H,10-11H2,1-2H3. The second-order valence-electron chi connectivity index (χ2n) is 4.41. The molecule has 0 unspecified atom stereocenters. The van der Waals surface area contributed by atoms with Crippen LogP contribution >= 0.6 is 0 Å². The number of nitrogens with zero attached hydrogens (tertiary/aromatic N) is 1. The molecule has 0 N–H and O–H groups in total. The number of carbonyl (C=O) groups is 1. The number of rotatable bonds is 6. The van der Waals surface area contributed by atoms with Gasteiger partial charge in [0.25, 0.3) is 0 Å². The lowest BCUT2D eigenvalue weighted by Crippen LogP contribution is -2.04. The van der Waals surface area contributed by atoms with E-state index < -0.39 is 0 Å². The molecule has 2 rings (SSSR count). The highest BCUT2D eigenvalue weighted by Crippen LogP contribution is 2.23. The summed E-state index contributed by atoms with van der Waals surface area (Å²) in [5.41, 5.74) is 3.03. The van der Waals surface area contributed by atoms with Gasteiger partial charge in [0.2, 0.25) is 0 Å². The van der Waals surface area contributed by atoms with E-state index in [-0.39, 0.29) is 0 Å². The summed E-state index contributed by atoms with van der Waals surface area (Å²) in [7, 11) is 1.53. The second-order valence-corrected chi connectivity index (χ2v) is 4.41. The molecule has 0 aliphatic carbocycles. The molecule has 0 saturated carbocycles. The molecule has 4 heteroatoms. The van der Waals surface area contributed by atoms with E-state index in [0.29, 0.717) is 30.2 Å². The Bertz CT molecular complexity index is 582. The minimum Gasteiger partial charge on any atom is -0.494 e. The van der Waals surface area contributed by atoms with Crippen molar-refractivity contribution in [3.8, 4) is 5.75 Å². The first-order valence-corrected chi connectivity index (χ1v) is 6.35. The van der Waals surface area contributed by atoms with Crippen LogP contribution in [0.25, 0.3) is 0 Å². The van der Waals surface area contributed by atoms with Gasteiger partial charge in [-0.3, -0.25) is 9.78 Å². The van der Waals surface area contributed by atoms with Crippen molar-refractivity contribution in [3.05, 3.63) is 58.9 Å². The quantitative estimate of drug-likeness (QED) is 0.758. The highest BCUT2D eigenvalue weighted by molar-refractivity contribution is 5.82. The van der Waals surface area contributed by atoms with E-state index in [1.807, 2.05) is 30.3 Å². The molecule has 0 aliphatic rings. The van der Waals surface area contributed by atoms with Crippen molar-refractivity contribution in [2.45, 2.75) is 20.1 Å². The molecule has 2 aromatic rings. The van der Waals surface area contributed by atoms with Crippen molar-refractivity contribution in [3.63, 3.8) is 0 Å². The van der Waals surface area contributed by atoms with E-state index in [0.717, 1.165) is 17.4 Å². The molecule has 0 amide bonds. The molecule has 20 heavy (non-hydrogen) atoms. The first-order valence-electron chi connectivity index (χ1n) is 6.35. The van der Waals surface area contributed by atoms with Crippen LogP contribution in [-0.2, 0) is 18.0 Å². The maximum atomic E-state index is 11.2. The van der Waals surface area contributed by atoms with Crippen molar-refractivity contribution in [2.75, 3.05) is 7.11 Å². The molecule has 0 bridgehead atoms. The molecule has 1 aromatic carbocycles. The Morgan fingerprint density at radius 1 is 1.20 bits per heavy atom. The Balaban J connectivity index is 2.08. The number of aromatic nitrogens is 1. The van der Waals surface area contributed by atoms with Gasteiger partial charge in [-0.25, -0.2) is 0 Å². The van der Waals surface area contributed by atoms with Gasteiger partial charge in [0.15, 0.2) is 12.0 Å². The lowest BCUT2D eigenvalue weighted by Gasteiger charge is -2.11. The zero-order valence-corrected chi connectivity index (χ0v) is 11.6. The van der Waals surface area contributed by atoms with Crippen molar-refractivity contribution in [1.29, 1.82) is 0 Å². The van der Waals surface area contributed by atoms with Crippen LogP contribution < -0.4 is 4.74 Å². The summed E-state index contributed by atoms with van der Waals surface area (Å²) in [6.07, 6.45) is 2.45. The number of aldehydes is 1. The monoisotopic (exact) mass is 271 g/mol. The molecule has 0 aliphatic heterocycles. The fourth-order valence-electron chi connectivity index (χ4n) is 2.00. The minimum absolute atomic E-state index is 0.326. The predicted molar refractivity (Wildman–Crippen MR) is 75.8 cm³/mol. The molecule has 0 radical (unpaired) electrons. The number of methoxy groups -OCH3 is 1. The van der Waals surface area contributed by atoms with Crippen LogP contribution in [-0.4, -0.2) is 18.4 Å². The summed E-state index contributed by atoms with van der Waals surface area (Å²) < 4.78 is 10.9. The van der Waals surface area contributed by atoms with Gasteiger partial charge in [-0.05, 0) is 12.5 Å². The van der Waals surface area contributed by atoms with Gasteiger partial charge in [0.05, 0.1) is 31.6 Å². The number of ether oxygens (including phenoxy) is 2. The first-order chi connectivity index (χ1) is 9.76. The molecule has 1 aromatic heterocycles. The third-order valence-electron chi connectivity index (χ3n) is 3.02. The largest absolute Gasteiger partial charge is 0.494 e. The Hall–Kier alpha value is -2.20. The zero-order valence-electron chi connectivity index (χ0n) is 11.6. The maximum absolute atomic E-state index is 11.2. The average Bonchev–Trinajstić information content (AvgIpc) is 2.49. The summed E-state index contributed by atoms with van der Waals surface area (Å²) in [6, 6.07) is 9.88. The van der Waals surface area contributed by atoms with Crippen LogP contribution in [0.3, 0.4) is 0 Å². The topological polar surface area (TPSA) is 48.4 Å². The molecular formula is C16H17NO3. The van der Waals surface area contributed by atoms with E-state index in [9.17, 15) is 4.79 Å². The molecule has 4 nitrogen and oxygen atoms in total. The van der Waals surface area contributed by atoms with Gasteiger partial charge < -0.3 is 9.47 Å². The van der Waals surface area contributed by atoms with Gasteiger partial charge >= 0.3 is 0 Å². The molecule has 1 heterocycles. The smallest absolute Gasteiger partial charge is 0.154 e. The molecule has 0 fully saturated rings. The van der Waals surface area contributed by atoms with E-state index in [1.54, 1.807) is 13.1 Å². The Morgan fingerprint density at radius 2 is 1.95 bits per heavy atom. The third-order valence-corrected chi connectivity index (χ3v) is 3.02. The lowest BCUT2D eigenvalue weighted by atomic mass is 10.1. The Kier molecular flexibility index (Phi) is 4.85. The predicted octanol–water partition coefficient (Wildman–Crippen LogP) is 2.93. The molecule has 0 saturated heterocycles. The zero-order chi connectivity index (χ0) is 14.4. The number of hydrogen-bond acceptors (Lipinski definition) is 4. The van der Waals surface area contributed by atoms with Crippen LogP contribution in [0.5, 0.6) is 5.75 Å². The molecule has 104 valence electrons. The van der Waals surface area contributed by atoms with Gasteiger partial charge in [0, 0.05) is 11.8 Å². The van der Waals surface area contributed by atoms with Crippen molar-refractivity contribution in [1.82, 2.24) is 4.98 Å². The highest BCUT2D eigenvalue weighted by atomic mass is 16.5. The van der Waals surface area contributed by atoms with Crippen LogP contribution in [0.4, 0.5) is 0 Å². The van der Waals surface area contributed by atoms with Crippen molar-refractivity contribution < 1.29 is 14.3 Å². The fourth-order valence-corrected chi connectivity index (χ4v) is 2.00. The maximum Gasteiger partial charge on any atom is 0.154 e. The summed E-state index contributed by atoms with van der Waals surface area (Å²) in [6.45, 7) is 2.63. The highest BCUT2D eigenvalue weighted by Gasteiger charge is 2.12.